The summed E-state index contributed by atoms with van der Waals surface area (Å²) in [6.07, 6.45) is 2.79. The van der Waals surface area contributed by atoms with Gasteiger partial charge in [-0.3, -0.25) is 0 Å². The maximum atomic E-state index is 3.70. The van der Waals surface area contributed by atoms with E-state index in [1.54, 1.807) is 0 Å². The molecule has 0 spiro atoms. The Bertz CT molecular complexity index is 315. The van der Waals surface area contributed by atoms with Crippen molar-refractivity contribution in [2.75, 3.05) is 18.1 Å². The first-order valence-electron chi connectivity index (χ1n) is 6.12. The van der Waals surface area contributed by atoms with Crippen LogP contribution in [0.15, 0.2) is 11.4 Å². The minimum atomic E-state index is 0.523. The molecule has 90 valence electrons. The highest BCUT2D eigenvalue weighted by atomic mass is 32.2. The van der Waals surface area contributed by atoms with Crippen LogP contribution < -0.4 is 5.32 Å². The summed E-state index contributed by atoms with van der Waals surface area (Å²) in [7, 11) is 0. The Hall–Kier alpha value is 0.01000. The average molecular weight is 255 g/mol. The van der Waals surface area contributed by atoms with Gasteiger partial charge in [-0.1, -0.05) is 0 Å². The van der Waals surface area contributed by atoms with Gasteiger partial charge in [-0.2, -0.15) is 11.8 Å². The molecular formula is C13H21NS2. The normalized spacial score (nSPS) is 19.9. The lowest BCUT2D eigenvalue weighted by molar-refractivity contribution is 0.422. The molecule has 0 bridgehead atoms. The minimum absolute atomic E-state index is 0.523. The van der Waals surface area contributed by atoms with E-state index in [2.05, 4.69) is 42.4 Å². The minimum Gasteiger partial charge on any atom is -0.309 e. The highest BCUT2D eigenvalue weighted by molar-refractivity contribution is 7.99. The summed E-state index contributed by atoms with van der Waals surface area (Å²) in [5.41, 5.74) is 1.43. The van der Waals surface area contributed by atoms with Crippen LogP contribution in [0.1, 0.15) is 36.2 Å². The maximum Gasteiger partial charge on any atom is 0.0388 e. The van der Waals surface area contributed by atoms with Crippen LogP contribution in [-0.2, 0) is 0 Å². The average Bonchev–Trinajstić information content (AvgIpc) is 2.74. The summed E-state index contributed by atoms with van der Waals surface area (Å²) in [5, 5.41) is 5.89. The molecule has 1 aromatic rings. The van der Waals surface area contributed by atoms with E-state index in [1.807, 2.05) is 11.3 Å². The van der Waals surface area contributed by atoms with Crippen molar-refractivity contribution in [1.29, 1.82) is 0 Å². The van der Waals surface area contributed by atoms with Crippen LogP contribution in [0.4, 0.5) is 0 Å². The predicted molar refractivity (Wildman–Crippen MR) is 75.5 cm³/mol. The zero-order chi connectivity index (χ0) is 11.4. The van der Waals surface area contributed by atoms with Gasteiger partial charge < -0.3 is 5.32 Å². The standard InChI is InChI=1S/C13H21NS2/c1-10-3-8-16-13(10)11(2)14-9-12-4-6-15-7-5-12/h3,8,11-12,14H,4-7,9H2,1-2H3. The quantitative estimate of drug-likeness (QED) is 0.877. The molecule has 16 heavy (non-hydrogen) atoms. The summed E-state index contributed by atoms with van der Waals surface area (Å²) in [6, 6.07) is 2.74. The van der Waals surface area contributed by atoms with E-state index >= 15 is 0 Å². The first kappa shape index (κ1) is 12.5. The molecule has 2 rings (SSSR count). The van der Waals surface area contributed by atoms with Crippen molar-refractivity contribution in [3.8, 4) is 0 Å². The Morgan fingerprint density at radius 2 is 2.19 bits per heavy atom. The Kier molecular flexibility index (Phi) is 4.74. The second-order valence-corrected chi connectivity index (χ2v) is 6.83. The maximum absolute atomic E-state index is 3.70. The highest BCUT2D eigenvalue weighted by Crippen LogP contribution is 2.25. The zero-order valence-electron chi connectivity index (χ0n) is 10.2. The molecule has 0 radical (unpaired) electrons. The number of rotatable bonds is 4. The number of thiophene rings is 1. The first-order chi connectivity index (χ1) is 7.77. The van der Waals surface area contributed by atoms with Gasteiger partial charge in [0, 0.05) is 10.9 Å². The van der Waals surface area contributed by atoms with Gasteiger partial charge >= 0.3 is 0 Å². The van der Waals surface area contributed by atoms with Gasteiger partial charge in [-0.05, 0) is 67.7 Å². The fourth-order valence-corrected chi connectivity index (χ4v) is 4.38. The fraction of sp³-hybridized carbons (Fsp3) is 0.692. The van der Waals surface area contributed by atoms with Crippen LogP contribution in [0.3, 0.4) is 0 Å². The van der Waals surface area contributed by atoms with E-state index < -0.39 is 0 Å². The summed E-state index contributed by atoms with van der Waals surface area (Å²) >= 11 is 3.99. The topological polar surface area (TPSA) is 12.0 Å². The van der Waals surface area contributed by atoms with Crippen LogP contribution in [0.5, 0.6) is 0 Å². The monoisotopic (exact) mass is 255 g/mol. The molecule has 0 aliphatic carbocycles. The van der Waals surface area contributed by atoms with Gasteiger partial charge in [0.15, 0.2) is 0 Å². The second-order valence-electron chi connectivity index (χ2n) is 4.65. The van der Waals surface area contributed by atoms with Crippen molar-refractivity contribution in [1.82, 2.24) is 5.32 Å². The fourth-order valence-electron chi connectivity index (χ4n) is 2.21. The molecule has 0 aromatic carbocycles. The van der Waals surface area contributed by atoms with Gasteiger partial charge in [0.2, 0.25) is 0 Å². The lowest BCUT2D eigenvalue weighted by Crippen LogP contribution is -2.27. The van der Waals surface area contributed by atoms with Gasteiger partial charge in [0.05, 0.1) is 0 Å². The molecule has 2 heterocycles. The molecule has 1 saturated heterocycles. The molecule has 1 unspecified atom stereocenters. The van der Waals surface area contributed by atoms with E-state index in [9.17, 15) is 0 Å². The molecule has 1 aromatic heterocycles. The van der Waals surface area contributed by atoms with Crippen LogP contribution in [-0.4, -0.2) is 18.1 Å². The van der Waals surface area contributed by atoms with Crippen LogP contribution in [0, 0.1) is 12.8 Å². The van der Waals surface area contributed by atoms with Crippen molar-refractivity contribution in [3.63, 3.8) is 0 Å². The third-order valence-electron chi connectivity index (χ3n) is 3.35. The summed E-state index contributed by atoms with van der Waals surface area (Å²) < 4.78 is 0. The lowest BCUT2D eigenvalue weighted by atomic mass is 10.0. The number of hydrogen-bond donors (Lipinski definition) is 1. The van der Waals surface area contributed by atoms with Crippen LogP contribution >= 0.6 is 23.1 Å². The molecule has 1 aliphatic heterocycles. The third-order valence-corrected chi connectivity index (χ3v) is 5.60. The predicted octanol–water partition coefficient (Wildman–Crippen LogP) is 3.85. The lowest BCUT2D eigenvalue weighted by Gasteiger charge is -2.23. The molecule has 3 heteroatoms. The van der Waals surface area contributed by atoms with Crippen molar-refractivity contribution < 1.29 is 0 Å². The Morgan fingerprint density at radius 1 is 1.44 bits per heavy atom. The third kappa shape index (κ3) is 3.25. The van der Waals surface area contributed by atoms with Crippen LogP contribution in [0.25, 0.3) is 0 Å². The molecule has 1 fully saturated rings. The van der Waals surface area contributed by atoms with Crippen molar-refractivity contribution in [2.45, 2.75) is 32.7 Å². The van der Waals surface area contributed by atoms with E-state index in [0.29, 0.717) is 6.04 Å². The molecule has 1 aliphatic rings. The Morgan fingerprint density at radius 3 is 2.81 bits per heavy atom. The number of aryl methyl sites for hydroxylation is 1. The molecule has 0 saturated carbocycles. The number of nitrogens with one attached hydrogen (secondary N) is 1. The Balaban J connectivity index is 1.79. The largest absolute Gasteiger partial charge is 0.309 e. The van der Waals surface area contributed by atoms with E-state index in [0.717, 1.165) is 5.92 Å². The van der Waals surface area contributed by atoms with E-state index in [-0.39, 0.29) is 0 Å². The zero-order valence-corrected chi connectivity index (χ0v) is 11.8. The molecular weight excluding hydrogens is 234 g/mol. The molecule has 1 atom stereocenters. The van der Waals surface area contributed by atoms with Gasteiger partial charge in [-0.15, -0.1) is 11.3 Å². The molecule has 1 N–H and O–H groups in total. The van der Waals surface area contributed by atoms with Gasteiger partial charge in [-0.25, -0.2) is 0 Å². The van der Waals surface area contributed by atoms with Crippen LogP contribution in [0.2, 0.25) is 0 Å². The number of hydrogen-bond acceptors (Lipinski definition) is 3. The molecule has 1 nitrogen and oxygen atoms in total. The summed E-state index contributed by atoms with van der Waals surface area (Å²) in [6.45, 7) is 5.69. The van der Waals surface area contributed by atoms with Gasteiger partial charge in [0.25, 0.3) is 0 Å². The van der Waals surface area contributed by atoms with Crippen molar-refractivity contribution in [2.24, 2.45) is 5.92 Å². The second kappa shape index (κ2) is 6.08. The first-order valence-corrected chi connectivity index (χ1v) is 8.16. The number of thioether (sulfide) groups is 1. The van der Waals surface area contributed by atoms with Crippen molar-refractivity contribution >= 4 is 23.1 Å². The van der Waals surface area contributed by atoms with E-state index in [1.165, 1.54) is 41.3 Å². The molecule has 0 amide bonds. The van der Waals surface area contributed by atoms with E-state index in [4.69, 9.17) is 0 Å². The summed E-state index contributed by atoms with van der Waals surface area (Å²) in [4.78, 5) is 1.50. The SMILES string of the molecule is Cc1ccsc1C(C)NCC1CCSCC1. The summed E-state index contributed by atoms with van der Waals surface area (Å²) in [5.74, 6) is 3.63. The van der Waals surface area contributed by atoms with Gasteiger partial charge in [0.1, 0.15) is 0 Å². The highest BCUT2D eigenvalue weighted by Gasteiger charge is 2.15. The van der Waals surface area contributed by atoms with Crippen molar-refractivity contribution in [3.05, 3.63) is 21.9 Å². The Labute approximate surface area is 107 Å². The smallest absolute Gasteiger partial charge is 0.0388 e.